The Kier molecular flexibility index (Phi) is 6.22. The average molecular weight is 507 g/mol. The molecule has 0 aliphatic carbocycles. The van der Waals surface area contributed by atoms with E-state index in [9.17, 15) is 9.59 Å². The quantitative estimate of drug-likeness (QED) is 0.337. The van der Waals surface area contributed by atoms with Gasteiger partial charge in [-0.1, -0.05) is 19.1 Å². The Hall–Kier alpha value is -0.750. The van der Waals surface area contributed by atoms with Crippen molar-refractivity contribution in [3.05, 3.63) is 39.1 Å². The van der Waals surface area contributed by atoms with E-state index in [2.05, 4.69) is 32.1 Å². The van der Waals surface area contributed by atoms with Gasteiger partial charge in [-0.3, -0.25) is 4.79 Å². The number of amides is 1. The molecule has 1 saturated heterocycles. The molecule has 6 nitrogen and oxygen atoms in total. The number of carbonyl (C=O) groups excluding carboxylic acids is 2. The minimum absolute atomic E-state index is 0.0271. The van der Waals surface area contributed by atoms with E-state index in [0.717, 1.165) is 14.9 Å². The first-order valence-electron chi connectivity index (χ1n) is 8.12. The molecule has 0 spiro atoms. The SMILES string of the molecule is CC(OP)C1C(=O)N2C(C(=O)OP)=C(COc3ccccc3I)C(C)C12. The Balaban J connectivity index is 1.89. The summed E-state index contributed by atoms with van der Waals surface area (Å²) in [5.74, 6) is -0.237. The molecule has 26 heavy (non-hydrogen) atoms. The van der Waals surface area contributed by atoms with Gasteiger partial charge in [-0.15, -0.1) is 0 Å². The zero-order chi connectivity index (χ0) is 19.0. The summed E-state index contributed by atoms with van der Waals surface area (Å²) in [5.41, 5.74) is 1.06. The lowest BCUT2D eigenvalue weighted by atomic mass is 9.78. The van der Waals surface area contributed by atoms with Crippen LogP contribution in [0.25, 0.3) is 0 Å². The number of fused-ring (bicyclic) bond motifs is 1. The van der Waals surface area contributed by atoms with Crippen molar-refractivity contribution >= 4 is 53.4 Å². The maximum Gasteiger partial charge on any atom is 0.357 e. The molecule has 0 aromatic heterocycles. The number of para-hydroxylation sites is 1. The van der Waals surface area contributed by atoms with Gasteiger partial charge < -0.3 is 18.7 Å². The lowest BCUT2D eigenvalue weighted by Crippen LogP contribution is -2.63. The summed E-state index contributed by atoms with van der Waals surface area (Å²) in [6.07, 6.45) is -0.250. The molecule has 2 aliphatic heterocycles. The van der Waals surface area contributed by atoms with Crippen LogP contribution in [0.5, 0.6) is 5.75 Å². The molecular weight excluding hydrogens is 487 g/mol. The number of ether oxygens (including phenoxy) is 1. The van der Waals surface area contributed by atoms with Gasteiger partial charge in [0.05, 0.1) is 31.1 Å². The van der Waals surface area contributed by atoms with Crippen LogP contribution in [0.4, 0.5) is 0 Å². The molecule has 140 valence electrons. The summed E-state index contributed by atoms with van der Waals surface area (Å²) in [6, 6.07) is 7.54. The number of benzene rings is 1. The number of rotatable bonds is 6. The standard InChI is InChI=1S/C17H20INO5P2/c1-8-10(7-22-12-6-4-3-5-11(12)18)15(17(21)24-26)19-14(8)13(16(19)20)9(2)23-25/h3-6,8-9,13-14H,7,25-26H2,1-2H3. The molecule has 0 bridgehead atoms. The van der Waals surface area contributed by atoms with E-state index in [0.29, 0.717) is 5.70 Å². The van der Waals surface area contributed by atoms with Crippen LogP contribution in [0.3, 0.4) is 0 Å². The summed E-state index contributed by atoms with van der Waals surface area (Å²) >= 11 is 2.20. The molecular formula is C17H20INO5P2. The van der Waals surface area contributed by atoms with E-state index in [1.54, 1.807) is 0 Å². The first kappa shape index (κ1) is 20.0. The van der Waals surface area contributed by atoms with Crippen molar-refractivity contribution in [2.45, 2.75) is 26.0 Å². The van der Waals surface area contributed by atoms with Crippen LogP contribution in [-0.4, -0.2) is 35.5 Å². The topological polar surface area (TPSA) is 65.1 Å². The Bertz CT molecular complexity index is 771. The molecule has 0 saturated carbocycles. The lowest BCUT2D eigenvalue weighted by molar-refractivity contribution is -0.161. The molecule has 3 rings (SSSR count). The molecule has 1 fully saturated rings. The smallest absolute Gasteiger partial charge is 0.357 e. The zero-order valence-corrected chi connectivity index (χ0v) is 18.8. The van der Waals surface area contributed by atoms with Gasteiger partial charge in [-0.05, 0) is 41.6 Å². The van der Waals surface area contributed by atoms with Gasteiger partial charge in [0.25, 0.3) is 0 Å². The Morgan fingerprint density at radius 2 is 2.04 bits per heavy atom. The van der Waals surface area contributed by atoms with E-state index in [4.69, 9.17) is 13.8 Å². The largest absolute Gasteiger partial charge is 0.488 e. The van der Waals surface area contributed by atoms with Gasteiger partial charge in [-0.2, -0.15) is 0 Å². The normalized spacial score (nSPS) is 25.7. The van der Waals surface area contributed by atoms with Crippen LogP contribution in [0.15, 0.2) is 35.5 Å². The third-order valence-electron chi connectivity index (χ3n) is 5.04. The highest BCUT2D eigenvalue weighted by Gasteiger charge is 2.60. The fraction of sp³-hybridized carbons (Fsp3) is 0.412. The van der Waals surface area contributed by atoms with Crippen LogP contribution in [0.1, 0.15) is 13.8 Å². The third kappa shape index (κ3) is 3.28. The molecule has 1 aromatic carbocycles. The number of β-lactam (4-membered cyclic amide) rings is 1. The minimum atomic E-state index is -0.544. The number of carbonyl (C=O) groups is 2. The van der Waals surface area contributed by atoms with Gasteiger partial charge in [0, 0.05) is 21.0 Å². The summed E-state index contributed by atoms with van der Waals surface area (Å²) in [4.78, 5) is 26.5. The average Bonchev–Trinajstić information content (AvgIpc) is 2.89. The van der Waals surface area contributed by atoms with E-state index in [1.807, 2.05) is 47.6 Å². The summed E-state index contributed by atoms with van der Waals surface area (Å²) < 4.78 is 17.1. The van der Waals surface area contributed by atoms with Crippen molar-refractivity contribution in [2.24, 2.45) is 11.8 Å². The van der Waals surface area contributed by atoms with Crippen molar-refractivity contribution in [2.75, 3.05) is 6.61 Å². The van der Waals surface area contributed by atoms with Gasteiger partial charge in [-0.25, -0.2) is 4.79 Å². The third-order valence-corrected chi connectivity index (χ3v) is 6.57. The van der Waals surface area contributed by atoms with Crippen molar-refractivity contribution in [3.63, 3.8) is 0 Å². The Morgan fingerprint density at radius 3 is 2.65 bits per heavy atom. The fourth-order valence-corrected chi connectivity index (χ4v) is 4.49. The summed E-state index contributed by atoms with van der Waals surface area (Å²) in [7, 11) is 4.16. The van der Waals surface area contributed by atoms with E-state index in [1.165, 1.54) is 4.90 Å². The van der Waals surface area contributed by atoms with E-state index < -0.39 is 5.97 Å². The Morgan fingerprint density at radius 1 is 1.35 bits per heavy atom. The predicted octanol–water partition coefficient (Wildman–Crippen LogP) is 2.93. The molecule has 6 unspecified atom stereocenters. The molecule has 0 radical (unpaired) electrons. The summed E-state index contributed by atoms with van der Waals surface area (Å²) in [6.45, 7) is 4.08. The molecule has 6 atom stereocenters. The van der Waals surface area contributed by atoms with Crippen molar-refractivity contribution in [1.29, 1.82) is 0 Å². The highest BCUT2D eigenvalue weighted by molar-refractivity contribution is 14.1. The predicted molar refractivity (Wildman–Crippen MR) is 111 cm³/mol. The Labute approximate surface area is 170 Å². The zero-order valence-electron chi connectivity index (χ0n) is 14.3. The van der Waals surface area contributed by atoms with Crippen LogP contribution >= 0.6 is 41.5 Å². The molecule has 2 aliphatic rings. The number of hydrogen-bond donors (Lipinski definition) is 0. The highest BCUT2D eigenvalue weighted by atomic mass is 127. The second kappa shape index (κ2) is 8.09. The highest BCUT2D eigenvalue weighted by Crippen LogP contribution is 2.48. The van der Waals surface area contributed by atoms with Crippen molar-refractivity contribution in [1.82, 2.24) is 4.90 Å². The molecule has 1 amide bonds. The van der Waals surface area contributed by atoms with Crippen LogP contribution in [0.2, 0.25) is 0 Å². The minimum Gasteiger partial charge on any atom is -0.488 e. The van der Waals surface area contributed by atoms with Crippen molar-refractivity contribution in [3.8, 4) is 5.75 Å². The van der Waals surface area contributed by atoms with Crippen LogP contribution in [0, 0.1) is 15.4 Å². The van der Waals surface area contributed by atoms with Gasteiger partial charge in [0.15, 0.2) is 0 Å². The number of nitrogens with zero attached hydrogens (tertiary/aromatic N) is 1. The molecule has 2 heterocycles. The van der Waals surface area contributed by atoms with E-state index >= 15 is 0 Å². The maximum absolute atomic E-state index is 12.6. The first-order valence-corrected chi connectivity index (χ1v) is 10.1. The number of hydrogen-bond acceptors (Lipinski definition) is 5. The molecule has 1 aromatic rings. The maximum atomic E-state index is 12.6. The van der Waals surface area contributed by atoms with Crippen LogP contribution < -0.4 is 4.74 Å². The monoisotopic (exact) mass is 507 g/mol. The number of halogens is 1. The molecule has 0 N–H and O–H groups in total. The second-order valence-electron chi connectivity index (χ2n) is 6.35. The van der Waals surface area contributed by atoms with E-state index in [-0.39, 0.29) is 36.5 Å². The fourth-order valence-electron chi connectivity index (χ4n) is 3.67. The molecule has 9 heteroatoms. The lowest BCUT2D eigenvalue weighted by Gasteiger charge is -2.47. The summed E-state index contributed by atoms with van der Waals surface area (Å²) in [5, 5.41) is 0. The second-order valence-corrected chi connectivity index (χ2v) is 8.02. The van der Waals surface area contributed by atoms with Crippen LogP contribution in [-0.2, 0) is 18.6 Å². The van der Waals surface area contributed by atoms with Crippen molar-refractivity contribution < 1.29 is 23.4 Å². The van der Waals surface area contributed by atoms with Gasteiger partial charge in [0.1, 0.15) is 18.1 Å². The first-order chi connectivity index (χ1) is 12.4. The van der Waals surface area contributed by atoms with Gasteiger partial charge >= 0.3 is 5.97 Å². The van der Waals surface area contributed by atoms with Gasteiger partial charge in [0.2, 0.25) is 5.91 Å².